The Morgan fingerprint density at radius 2 is 2.07 bits per heavy atom. The summed E-state index contributed by atoms with van der Waals surface area (Å²) in [4.78, 5) is 46.7. The average molecular weight is 415 g/mol. The number of aryl methyl sites for hydroxylation is 1. The molecule has 1 aliphatic carbocycles. The molecule has 3 rings (SSSR count). The first-order valence-corrected chi connectivity index (χ1v) is 10.4. The van der Waals surface area contributed by atoms with Crippen LogP contribution in [0, 0.1) is 5.41 Å². The minimum Gasteiger partial charge on any atom is -0.385 e. The fourth-order valence-corrected chi connectivity index (χ4v) is 4.33. The Morgan fingerprint density at radius 3 is 2.77 bits per heavy atom. The third-order valence-corrected chi connectivity index (χ3v) is 6.12. The van der Waals surface area contributed by atoms with Gasteiger partial charge in [-0.1, -0.05) is 0 Å². The van der Waals surface area contributed by atoms with Crippen LogP contribution in [0.1, 0.15) is 64.8 Å². The minimum absolute atomic E-state index is 0.0481. The number of rotatable bonds is 8. The van der Waals surface area contributed by atoms with Gasteiger partial charge >= 0.3 is 0 Å². The molecule has 30 heavy (non-hydrogen) atoms. The second kappa shape index (κ2) is 9.95. The lowest BCUT2D eigenvalue weighted by atomic mass is 9.76. The van der Waals surface area contributed by atoms with Gasteiger partial charge in [0.1, 0.15) is 18.8 Å². The van der Waals surface area contributed by atoms with Crippen LogP contribution in [0.5, 0.6) is 0 Å². The summed E-state index contributed by atoms with van der Waals surface area (Å²) in [5.74, 6) is -0.00210. The highest BCUT2D eigenvalue weighted by atomic mass is 16.5. The van der Waals surface area contributed by atoms with E-state index < -0.39 is 0 Å². The predicted molar refractivity (Wildman–Crippen MR) is 111 cm³/mol. The summed E-state index contributed by atoms with van der Waals surface area (Å²) in [5.41, 5.74) is 5.37. The number of nitrogens with one attached hydrogen (secondary N) is 2. The zero-order chi connectivity index (χ0) is 21.6. The highest BCUT2D eigenvalue weighted by molar-refractivity contribution is 6.02. The number of hydrogen-bond acceptors (Lipinski definition) is 7. The van der Waals surface area contributed by atoms with Crippen molar-refractivity contribution in [1.29, 1.82) is 0 Å². The number of ketones is 1. The average Bonchev–Trinajstić information content (AvgIpc) is 3.11. The van der Waals surface area contributed by atoms with E-state index in [9.17, 15) is 19.2 Å². The fraction of sp³-hybridized carbons (Fsp3) is 0.545. The molecule has 1 heterocycles. The van der Waals surface area contributed by atoms with Crippen LogP contribution in [0.3, 0.4) is 0 Å². The number of benzene rings is 1. The van der Waals surface area contributed by atoms with Crippen molar-refractivity contribution in [3.8, 4) is 0 Å². The van der Waals surface area contributed by atoms with Crippen molar-refractivity contribution < 1.29 is 23.9 Å². The van der Waals surface area contributed by atoms with Crippen molar-refractivity contribution in [2.24, 2.45) is 5.41 Å². The topological polar surface area (TPSA) is 105 Å². The van der Waals surface area contributed by atoms with E-state index in [4.69, 9.17) is 4.74 Å². The van der Waals surface area contributed by atoms with E-state index >= 15 is 0 Å². The van der Waals surface area contributed by atoms with Crippen molar-refractivity contribution >= 4 is 30.0 Å². The van der Waals surface area contributed by atoms with Crippen molar-refractivity contribution in [2.75, 3.05) is 32.2 Å². The van der Waals surface area contributed by atoms with Gasteiger partial charge in [-0.15, -0.1) is 0 Å². The molecule has 0 aromatic heterocycles. The van der Waals surface area contributed by atoms with Crippen LogP contribution < -0.4 is 10.7 Å². The van der Waals surface area contributed by atoms with Crippen molar-refractivity contribution in [2.45, 2.75) is 44.9 Å². The zero-order valence-electron chi connectivity index (χ0n) is 17.4. The van der Waals surface area contributed by atoms with Gasteiger partial charge < -0.3 is 14.8 Å². The Kier molecular flexibility index (Phi) is 7.33. The summed E-state index contributed by atoms with van der Waals surface area (Å²) in [6, 6.07) is 3.53. The summed E-state index contributed by atoms with van der Waals surface area (Å²) < 4.78 is 5.23. The van der Waals surface area contributed by atoms with Gasteiger partial charge in [-0.25, -0.2) is 5.43 Å². The van der Waals surface area contributed by atoms with Crippen molar-refractivity contribution in [3.05, 3.63) is 28.8 Å². The van der Waals surface area contributed by atoms with Gasteiger partial charge in [-0.2, -0.15) is 0 Å². The molecule has 1 atom stereocenters. The van der Waals surface area contributed by atoms with Crippen LogP contribution in [-0.4, -0.2) is 56.2 Å². The zero-order valence-corrected chi connectivity index (χ0v) is 17.4. The molecule has 1 saturated carbocycles. The van der Waals surface area contributed by atoms with Crippen LogP contribution in [-0.2, 0) is 20.7 Å². The van der Waals surface area contributed by atoms with Gasteiger partial charge in [0.25, 0.3) is 5.91 Å². The number of ether oxygens (including phenoxy) is 1. The Balaban J connectivity index is 1.74. The van der Waals surface area contributed by atoms with Gasteiger partial charge in [0.2, 0.25) is 0 Å². The van der Waals surface area contributed by atoms with Gasteiger partial charge in [-0.05, 0) is 48.8 Å². The first kappa shape index (κ1) is 22.1. The lowest BCUT2D eigenvalue weighted by Gasteiger charge is -2.32. The van der Waals surface area contributed by atoms with Crippen LogP contribution in [0.4, 0.5) is 5.69 Å². The number of carbonyl (C=O) groups is 4. The van der Waals surface area contributed by atoms with E-state index in [0.717, 1.165) is 49.8 Å². The number of fused-ring (bicyclic) bond motifs is 1. The maximum Gasteiger partial charge on any atom is 0.268 e. The third-order valence-electron chi connectivity index (χ3n) is 6.12. The van der Waals surface area contributed by atoms with Crippen LogP contribution in [0.2, 0.25) is 0 Å². The van der Waals surface area contributed by atoms with Crippen LogP contribution in [0.15, 0.2) is 12.1 Å². The standard InChI is InChI=1S/C22H29N3O5/c1-25(24-15-30-10-2-9-26)21(29)19-11-16-3-5-22(6-4-18(28)13-22)7-8-23-20(16)12-17(19)14-27/h9,11-12,14,23-24H,2-8,10,13,15H2,1H3. The number of nitrogens with zero attached hydrogens (tertiary/aromatic N) is 1. The molecule has 8 heteroatoms. The molecule has 0 saturated heterocycles. The molecule has 2 N–H and O–H groups in total. The van der Waals surface area contributed by atoms with Crippen molar-refractivity contribution in [1.82, 2.24) is 10.4 Å². The quantitative estimate of drug-likeness (QED) is 0.290. The number of amides is 1. The Bertz CT molecular complexity index is 825. The number of hydrazine groups is 1. The Hall–Kier alpha value is -2.58. The first-order chi connectivity index (χ1) is 14.5. The summed E-state index contributed by atoms with van der Waals surface area (Å²) >= 11 is 0. The van der Waals surface area contributed by atoms with E-state index in [2.05, 4.69) is 10.7 Å². The Morgan fingerprint density at radius 1 is 1.27 bits per heavy atom. The predicted octanol–water partition coefficient (Wildman–Crippen LogP) is 2.13. The molecular formula is C22H29N3O5. The third kappa shape index (κ3) is 5.12. The van der Waals surface area contributed by atoms with Gasteiger partial charge in [0.15, 0.2) is 6.29 Å². The second-order valence-corrected chi connectivity index (χ2v) is 8.14. The Labute approximate surface area is 176 Å². The first-order valence-electron chi connectivity index (χ1n) is 10.4. The summed E-state index contributed by atoms with van der Waals surface area (Å²) in [6.07, 6.45) is 6.57. The highest BCUT2D eigenvalue weighted by Crippen LogP contribution is 2.44. The number of aldehydes is 2. The van der Waals surface area contributed by atoms with E-state index in [1.807, 2.05) is 0 Å². The van der Waals surface area contributed by atoms with E-state index in [1.165, 1.54) is 5.01 Å². The monoisotopic (exact) mass is 415 g/mol. The molecule has 1 aromatic carbocycles. The molecule has 0 radical (unpaired) electrons. The molecule has 1 fully saturated rings. The molecule has 2 aliphatic rings. The molecule has 8 nitrogen and oxygen atoms in total. The number of carbonyl (C=O) groups excluding carboxylic acids is 4. The molecule has 162 valence electrons. The number of hydrogen-bond donors (Lipinski definition) is 2. The molecule has 1 spiro atoms. The lowest BCUT2D eigenvalue weighted by molar-refractivity contribution is -0.118. The van der Waals surface area contributed by atoms with E-state index in [-0.39, 0.29) is 24.7 Å². The van der Waals surface area contributed by atoms with E-state index in [1.54, 1.807) is 19.2 Å². The second-order valence-electron chi connectivity index (χ2n) is 8.14. The van der Waals surface area contributed by atoms with Crippen LogP contribution >= 0.6 is 0 Å². The molecule has 1 unspecified atom stereocenters. The summed E-state index contributed by atoms with van der Waals surface area (Å²) in [5, 5.41) is 4.68. The maximum atomic E-state index is 12.9. The molecular weight excluding hydrogens is 386 g/mol. The summed E-state index contributed by atoms with van der Waals surface area (Å²) in [6.45, 7) is 1.09. The van der Waals surface area contributed by atoms with E-state index in [0.29, 0.717) is 42.5 Å². The SMILES string of the molecule is CN(NCOCCC=O)C(=O)c1cc2c(cc1C=O)NCCC1(CCC(=O)C1)CC2. The maximum absolute atomic E-state index is 12.9. The number of Topliss-reactive ketones (excluding diaryl/α,β-unsaturated/α-hetero) is 1. The van der Waals surface area contributed by atoms with Gasteiger partial charge in [-0.3, -0.25) is 19.4 Å². The van der Waals surface area contributed by atoms with Crippen molar-refractivity contribution in [3.63, 3.8) is 0 Å². The molecule has 0 bridgehead atoms. The normalized spacial score (nSPS) is 20.8. The molecule has 1 aliphatic heterocycles. The number of anilines is 1. The fourth-order valence-electron chi connectivity index (χ4n) is 4.33. The summed E-state index contributed by atoms with van der Waals surface area (Å²) in [7, 11) is 1.56. The smallest absolute Gasteiger partial charge is 0.268 e. The minimum atomic E-state index is -0.341. The lowest BCUT2D eigenvalue weighted by Crippen LogP contribution is -2.41. The molecule has 1 amide bonds. The highest BCUT2D eigenvalue weighted by Gasteiger charge is 2.38. The largest absolute Gasteiger partial charge is 0.385 e. The van der Waals surface area contributed by atoms with Gasteiger partial charge in [0, 0.05) is 44.1 Å². The molecule has 1 aromatic rings. The van der Waals surface area contributed by atoms with Crippen LogP contribution in [0.25, 0.3) is 0 Å². The van der Waals surface area contributed by atoms with Gasteiger partial charge in [0.05, 0.1) is 12.2 Å².